The summed E-state index contributed by atoms with van der Waals surface area (Å²) in [4.78, 5) is 38.5. The van der Waals surface area contributed by atoms with Crippen molar-refractivity contribution in [2.24, 2.45) is 0 Å². The van der Waals surface area contributed by atoms with E-state index in [0.29, 0.717) is 34.3 Å². The average Bonchev–Trinajstić information content (AvgIpc) is 3.81. The van der Waals surface area contributed by atoms with E-state index >= 15 is 0 Å². The van der Waals surface area contributed by atoms with E-state index in [9.17, 15) is 14.0 Å². The molecule has 9 rings (SSSR count). The molecule has 5 aromatic rings. The molecule has 0 atom stereocenters. The van der Waals surface area contributed by atoms with Crippen LogP contribution in [0.1, 0.15) is 70.2 Å². The van der Waals surface area contributed by atoms with Gasteiger partial charge in [-0.3, -0.25) is 14.5 Å². The Morgan fingerprint density at radius 3 is 2.70 bits per heavy atom. The van der Waals surface area contributed by atoms with Gasteiger partial charge in [-0.1, -0.05) is 23.7 Å². The molecule has 0 bridgehead atoms. The number of hydrogen-bond acceptors (Lipinski definition) is 7. The molecule has 1 spiro atoms. The van der Waals surface area contributed by atoms with Crippen LogP contribution >= 0.6 is 11.6 Å². The predicted octanol–water partition coefficient (Wildman–Crippen LogP) is 7.29. The van der Waals surface area contributed by atoms with Crippen molar-refractivity contribution < 1.29 is 23.1 Å². The van der Waals surface area contributed by atoms with Crippen LogP contribution in [0.5, 0.6) is 5.88 Å². The number of carbonyl (C=O) groups is 2. The smallest absolute Gasteiger partial charge is 0.255 e. The van der Waals surface area contributed by atoms with Crippen LogP contribution < -0.4 is 15.4 Å². The Morgan fingerprint density at radius 1 is 1.11 bits per heavy atom. The van der Waals surface area contributed by atoms with Crippen molar-refractivity contribution in [3.63, 3.8) is 0 Å². The van der Waals surface area contributed by atoms with Crippen molar-refractivity contribution in [2.75, 3.05) is 30.3 Å². The summed E-state index contributed by atoms with van der Waals surface area (Å²) in [5, 5.41) is 6.47. The summed E-state index contributed by atoms with van der Waals surface area (Å²) in [7, 11) is -0.933. The van der Waals surface area contributed by atoms with Gasteiger partial charge < -0.3 is 24.4 Å². The lowest BCUT2D eigenvalue weighted by molar-refractivity contribution is -0.117. The topological polar surface area (TPSA) is 111 Å². The van der Waals surface area contributed by atoms with Gasteiger partial charge in [0.2, 0.25) is 20.8 Å². The molecule has 2 saturated heterocycles. The third-order valence-corrected chi connectivity index (χ3v) is 13.4. The maximum Gasteiger partial charge on any atom is 0.255 e. The van der Waals surface area contributed by atoms with Gasteiger partial charge in [0.15, 0.2) is 0 Å². The standard InChI is InChI=1S/C40H39ClFN6O4Si/c1-24-17-29(20-30-37(24)46-39(50)40(30)11-12-40)43-38(49)26-6-8-34-33(18-26)44-35(48(34)23-53-16-15-52-53)21-47-13-9-25(10-14-47)32-3-2-4-36(45-32)51-22-27-5-7-28(41)19-31(27)42/h2-8,17-20,25H,9-16,21-23H2,1H3,(H,43,49)(H,46,50). The van der Waals surface area contributed by atoms with Gasteiger partial charge in [-0.05, 0) is 111 Å². The van der Waals surface area contributed by atoms with Gasteiger partial charge in [0, 0.05) is 58.0 Å². The molecule has 0 unspecified atom stereocenters. The monoisotopic (exact) mass is 749 g/mol. The Morgan fingerprint density at radius 2 is 1.94 bits per heavy atom. The van der Waals surface area contributed by atoms with Crippen LogP contribution in [-0.4, -0.2) is 60.0 Å². The van der Waals surface area contributed by atoms with Crippen LogP contribution in [0, 0.1) is 12.7 Å². The van der Waals surface area contributed by atoms with Gasteiger partial charge in [0.05, 0.1) is 23.0 Å². The summed E-state index contributed by atoms with van der Waals surface area (Å²) in [5.74, 6) is 1.21. The molecule has 5 heterocycles. The Hall–Kier alpha value is -4.62. The number of hydrogen-bond donors (Lipinski definition) is 2. The van der Waals surface area contributed by atoms with E-state index in [2.05, 4.69) is 20.1 Å². The van der Waals surface area contributed by atoms with Crippen molar-refractivity contribution in [3.8, 4) is 5.88 Å². The number of anilines is 2. The lowest BCUT2D eigenvalue weighted by Gasteiger charge is -2.32. The molecule has 1 radical (unpaired) electrons. The summed E-state index contributed by atoms with van der Waals surface area (Å²) < 4.78 is 28.3. The molecule has 1 saturated carbocycles. The molecule has 2 aromatic heterocycles. The fraction of sp³-hybridized carbons (Fsp3) is 0.350. The Balaban J connectivity index is 0.877. The molecule has 1 aliphatic carbocycles. The van der Waals surface area contributed by atoms with E-state index in [1.165, 1.54) is 6.07 Å². The molecule has 53 heavy (non-hydrogen) atoms. The Bertz CT molecular complexity index is 2270. The summed E-state index contributed by atoms with van der Waals surface area (Å²) in [5.41, 5.74) is 6.83. The van der Waals surface area contributed by atoms with Gasteiger partial charge in [0.25, 0.3) is 5.91 Å². The number of likely N-dealkylation sites (tertiary alicyclic amines) is 1. The zero-order valence-electron chi connectivity index (χ0n) is 29.4. The fourth-order valence-electron chi connectivity index (χ4n) is 7.86. The van der Waals surface area contributed by atoms with E-state index in [0.717, 1.165) is 97.0 Å². The highest BCUT2D eigenvalue weighted by Gasteiger charge is 2.56. The highest BCUT2D eigenvalue weighted by atomic mass is 35.5. The molecule has 10 nitrogen and oxygen atoms in total. The molecule has 3 aliphatic heterocycles. The SMILES string of the molecule is Cc1cc(NC(=O)c2ccc3c(c2)nc(CN2CCC(c4cccc(OCc5ccc(Cl)cc5F)n4)CC2)n3C[Si]2CCO2)cc2c1NC(=O)C21CC1. The van der Waals surface area contributed by atoms with E-state index < -0.39 is 20.3 Å². The minimum Gasteiger partial charge on any atom is -0.473 e. The molecule has 2 amide bonds. The fourth-order valence-corrected chi connectivity index (χ4v) is 9.47. The number of imidazole rings is 1. The summed E-state index contributed by atoms with van der Waals surface area (Å²) in [6.07, 6.45) is 4.38. The molecule has 13 heteroatoms. The third kappa shape index (κ3) is 6.62. The third-order valence-electron chi connectivity index (χ3n) is 11.1. The van der Waals surface area contributed by atoms with Crippen molar-refractivity contribution in [2.45, 2.75) is 69.3 Å². The number of benzene rings is 3. The number of ether oxygens (including phenoxy) is 1. The van der Waals surface area contributed by atoms with Gasteiger partial charge in [-0.2, -0.15) is 0 Å². The maximum absolute atomic E-state index is 14.3. The van der Waals surface area contributed by atoms with Crippen LogP contribution in [-0.2, 0) is 34.0 Å². The number of pyridine rings is 1. The van der Waals surface area contributed by atoms with Crippen LogP contribution in [0.4, 0.5) is 15.8 Å². The number of fused-ring (bicyclic) bond motifs is 3. The number of rotatable bonds is 10. The van der Waals surface area contributed by atoms with Crippen LogP contribution in [0.15, 0.2) is 66.7 Å². The van der Waals surface area contributed by atoms with E-state index in [-0.39, 0.29) is 24.3 Å². The summed E-state index contributed by atoms with van der Waals surface area (Å²) >= 11 is 5.89. The first-order chi connectivity index (χ1) is 25.7. The van der Waals surface area contributed by atoms with Gasteiger partial charge in [-0.15, -0.1) is 0 Å². The first-order valence-corrected chi connectivity index (χ1v) is 20.4. The number of nitrogens with one attached hydrogen (secondary N) is 2. The second-order valence-electron chi connectivity index (χ2n) is 14.6. The highest BCUT2D eigenvalue weighted by molar-refractivity contribution is 6.53. The molecule has 3 aromatic carbocycles. The van der Waals surface area contributed by atoms with Crippen molar-refractivity contribution >= 4 is 54.9 Å². The maximum atomic E-state index is 14.3. The van der Waals surface area contributed by atoms with E-state index in [4.69, 9.17) is 30.7 Å². The molecule has 3 fully saturated rings. The van der Waals surface area contributed by atoms with Gasteiger partial charge in [0.1, 0.15) is 18.2 Å². The first kappa shape index (κ1) is 34.2. The van der Waals surface area contributed by atoms with E-state index in [1.807, 2.05) is 49.4 Å². The van der Waals surface area contributed by atoms with Gasteiger partial charge >= 0.3 is 0 Å². The largest absolute Gasteiger partial charge is 0.473 e. The minimum atomic E-state index is -0.933. The van der Waals surface area contributed by atoms with Crippen LogP contribution in [0.25, 0.3) is 11.0 Å². The molecular weight excluding hydrogens is 711 g/mol. The summed E-state index contributed by atoms with van der Waals surface area (Å²) in [6, 6.07) is 21.1. The number of aromatic nitrogens is 3. The number of piperidine rings is 1. The van der Waals surface area contributed by atoms with Crippen LogP contribution in [0.3, 0.4) is 0 Å². The van der Waals surface area contributed by atoms with Gasteiger partial charge in [-0.25, -0.2) is 14.4 Å². The normalized spacial score (nSPS) is 18.2. The number of carbonyl (C=O) groups excluding carboxylic acids is 2. The lowest BCUT2D eigenvalue weighted by atomic mass is 9.93. The van der Waals surface area contributed by atoms with Crippen molar-refractivity contribution in [3.05, 3.63) is 111 Å². The molecule has 2 N–H and O–H groups in total. The molecule has 271 valence electrons. The van der Waals surface area contributed by atoms with Crippen molar-refractivity contribution in [1.29, 1.82) is 0 Å². The minimum absolute atomic E-state index is 0.0634. The zero-order valence-corrected chi connectivity index (χ0v) is 31.1. The second-order valence-corrected chi connectivity index (χ2v) is 17.3. The summed E-state index contributed by atoms with van der Waals surface area (Å²) in [6.45, 7) is 5.34. The number of nitrogens with zero attached hydrogens (tertiary/aromatic N) is 4. The second kappa shape index (κ2) is 13.7. The van der Waals surface area contributed by atoms with E-state index in [1.54, 1.807) is 18.2 Å². The Labute approximate surface area is 313 Å². The van der Waals surface area contributed by atoms with Crippen LogP contribution in [0.2, 0.25) is 11.1 Å². The molecular formula is C40H39ClFN6O4Si. The quantitative estimate of drug-likeness (QED) is 0.144. The molecule has 4 aliphatic rings. The van der Waals surface area contributed by atoms with Crippen molar-refractivity contribution in [1.82, 2.24) is 19.4 Å². The lowest BCUT2D eigenvalue weighted by Crippen LogP contribution is -2.37. The number of amides is 2. The predicted molar refractivity (Wildman–Crippen MR) is 202 cm³/mol. The number of halogens is 2. The Kier molecular flexibility index (Phi) is 8.80. The average molecular weight is 750 g/mol. The zero-order chi connectivity index (χ0) is 36.3. The number of aryl methyl sites for hydroxylation is 1. The highest BCUT2D eigenvalue weighted by Crippen LogP contribution is 2.56. The first-order valence-electron chi connectivity index (χ1n) is 18.2.